The highest BCUT2D eigenvalue weighted by Gasteiger charge is 2.19. The molecule has 1 aromatic heterocycles. The first kappa shape index (κ1) is 19.1. The second-order valence-electron chi connectivity index (χ2n) is 6.89. The molecule has 140 valence electrons. The van der Waals surface area contributed by atoms with Crippen LogP contribution in [0.3, 0.4) is 0 Å². The third-order valence-electron chi connectivity index (χ3n) is 4.68. The molecule has 0 aliphatic heterocycles. The van der Waals surface area contributed by atoms with Gasteiger partial charge < -0.3 is 15.4 Å². The number of hydrogen-bond donors (Lipinski definition) is 2. The van der Waals surface area contributed by atoms with Crippen LogP contribution in [0.2, 0.25) is 0 Å². The van der Waals surface area contributed by atoms with E-state index >= 15 is 0 Å². The zero-order chi connectivity index (χ0) is 19.4. The molecular formula is C22H25N3OS. The van der Waals surface area contributed by atoms with E-state index in [4.69, 9.17) is 17.0 Å². The van der Waals surface area contributed by atoms with Crippen molar-refractivity contribution in [3.63, 3.8) is 0 Å². The Balaban J connectivity index is 1.85. The van der Waals surface area contributed by atoms with E-state index in [1.165, 1.54) is 11.1 Å². The Morgan fingerprint density at radius 3 is 2.56 bits per heavy atom. The van der Waals surface area contributed by atoms with Crippen LogP contribution in [0.15, 0.2) is 54.7 Å². The molecule has 0 saturated carbocycles. The van der Waals surface area contributed by atoms with Crippen molar-refractivity contribution in [2.45, 2.75) is 26.8 Å². The van der Waals surface area contributed by atoms with Crippen molar-refractivity contribution in [3.05, 3.63) is 65.9 Å². The molecular weight excluding hydrogens is 354 g/mol. The summed E-state index contributed by atoms with van der Waals surface area (Å²) in [6, 6.07) is 16.3. The number of aryl methyl sites for hydroxylation is 1. The van der Waals surface area contributed by atoms with Crippen molar-refractivity contribution in [3.8, 4) is 5.75 Å². The van der Waals surface area contributed by atoms with E-state index in [-0.39, 0.29) is 6.04 Å². The molecule has 0 radical (unpaired) electrons. The lowest BCUT2D eigenvalue weighted by molar-refractivity contribution is 0.419. The Hall–Kier alpha value is -2.66. The van der Waals surface area contributed by atoms with Crippen LogP contribution in [-0.2, 0) is 0 Å². The average molecular weight is 380 g/mol. The van der Waals surface area contributed by atoms with Gasteiger partial charge >= 0.3 is 0 Å². The summed E-state index contributed by atoms with van der Waals surface area (Å²) >= 11 is 5.63. The minimum absolute atomic E-state index is 0.133. The zero-order valence-electron chi connectivity index (χ0n) is 16.1. The monoisotopic (exact) mass is 379 g/mol. The van der Waals surface area contributed by atoms with Crippen LogP contribution < -0.4 is 15.4 Å². The first-order valence-corrected chi connectivity index (χ1v) is 9.47. The Labute approximate surface area is 166 Å². The molecule has 5 heteroatoms. The summed E-state index contributed by atoms with van der Waals surface area (Å²) in [5, 5.41) is 8.38. The van der Waals surface area contributed by atoms with Gasteiger partial charge in [0, 0.05) is 17.3 Å². The smallest absolute Gasteiger partial charge is 0.171 e. The molecule has 3 rings (SSSR count). The van der Waals surface area contributed by atoms with Gasteiger partial charge in [0.2, 0.25) is 0 Å². The molecule has 1 heterocycles. The van der Waals surface area contributed by atoms with E-state index in [1.807, 2.05) is 24.3 Å². The fourth-order valence-electron chi connectivity index (χ4n) is 3.26. The van der Waals surface area contributed by atoms with Gasteiger partial charge in [-0.2, -0.15) is 0 Å². The maximum Gasteiger partial charge on any atom is 0.171 e. The van der Waals surface area contributed by atoms with Crippen LogP contribution in [0.4, 0.5) is 5.69 Å². The summed E-state index contributed by atoms with van der Waals surface area (Å²) in [5.41, 5.74) is 4.24. The number of fused-ring (bicyclic) bond motifs is 1. The van der Waals surface area contributed by atoms with E-state index in [2.05, 4.69) is 60.7 Å². The van der Waals surface area contributed by atoms with Gasteiger partial charge in [0.25, 0.3) is 0 Å². The van der Waals surface area contributed by atoms with E-state index in [0.717, 1.165) is 22.3 Å². The lowest BCUT2D eigenvalue weighted by Gasteiger charge is -2.26. The molecule has 0 aliphatic carbocycles. The van der Waals surface area contributed by atoms with Gasteiger partial charge in [-0.1, -0.05) is 38.1 Å². The number of thiocarbonyl (C=S) groups is 1. The van der Waals surface area contributed by atoms with Gasteiger partial charge in [-0.3, -0.25) is 4.98 Å². The maximum atomic E-state index is 5.63. The maximum absolute atomic E-state index is 5.63. The molecule has 2 N–H and O–H groups in total. The molecule has 0 fully saturated rings. The van der Waals surface area contributed by atoms with E-state index in [0.29, 0.717) is 11.0 Å². The van der Waals surface area contributed by atoms with E-state index < -0.39 is 0 Å². The van der Waals surface area contributed by atoms with Crippen molar-refractivity contribution in [2.75, 3.05) is 12.4 Å². The van der Waals surface area contributed by atoms with Gasteiger partial charge in [-0.05, 0) is 60.5 Å². The minimum atomic E-state index is 0.133. The number of benzene rings is 2. The standard InChI is InChI=1S/C22H25N3OS/c1-14(2)20(16-9-6-5-8-15(16)3)25-22(27)24-18-11-12-19(26-4)21-17(18)10-7-13-23-21/h5-14,20H,1-4H3,(H2,24,25,27). The molecule has 0 spiro atoms. The second-order valence-corrected chi connectivity index (χ2v) is 7.30. The molecule has 4 nitrogen and oxygen atoms in total. The predicted octanol–water partition coefficient (Wildman–Crippen LogP) is 5.24. The first-order chi connectivity index (χ1) is 13.0. The normalized spacial score (nSPS) is 12.0. The largest absolute Gasteiger partial charge is 0.494 e. The van der Waals surface area contributed by atoms with Gasteiger partial charge in [0.05, 0.1) is 13.2 Å². The lowest BCUT2D eigenvalue weighted by atomic mass is 9.93. The summed E-state index contributed by atoms with van der Waals surface area (Å²) in [6.07, 6.45) is 1.76. The molecule has 1 unspecified atom stereocenters. The summed E-state index contributed by atoms with van der Waals surface area (Å²) < 4.78 is 5.42. The number of anilines is 1. The number of pyridine rings is 1. The van der Waals surface area contributed by atoms with Gasteiger partial charge in [0.15, 0.2) is 5.11 Å². The van der Waals surface area contributed by atoms with Crippen molar-refractivity contribution >= 4 is 33.9 Å². The third kappa shape index (κ3) is 4.19. The van der Waals surface area contributed by atoms with Crippen molar-refractivity contribution < 1.29 is 4.74 Å². The van der Waals surface area contributed by atoms with Crippen LogP contribution in [0.25, 0.3) is 10.9 Å². The van der Waals surface area contributed by atoms with Gasteiger partial charge in [0.1, 0.15) is 11.3 Å². The zero-order valence-corrected chi connectivity index (χ0v) is 16.9. The van der Waals surface area contributed by atoms with Crippen LogP contribution in [-0.4, -0.2) is 17.2 Å². The van der Waals surface area contributed by atoms with Crippen molar-refractivity contribution in [2.24, 2.45) is 5.92 Å². The number of rotatable bonds is 5. The molecule has 0 saturated heterocycles. The highest BCUT2D eigenvalue weighted by atomic mass is 32.1. The molecule has 0 amide bonds. The predicted molar refractivity (Wildman–Crippen MR) is 116 cm³/mol. The third-order valence-corrected chi connectivity index (χ3v) is 4.90. The Morgan fingerprint density at radius 1 is 1.07 bits per heavy atom. The summed E-state index contributed by atoms with van der Waals surface area (Å²) in [4.78, 5) is 4.44. The molecule has 3 aromatic rings. The van der Waals surface area contributed by atoms with Crippen LogP contribution >= 0.6 is 12.2 Å². The lowest BCUT2D eigenvalue weighted by Crippen LogP contribution is -2.35. The average Bonchev–Trinajstić information content (AvgIpc) is 2.67. The number of aromatic nitrogens is 1. The molecule has 0 bridgehead atoms. The fourth-order valence-corrected chi connectivity index (χ4v) is 3.50. The first-order valence-electron chi connectivity index (χ1n) is 9.06. The number of nitrogens with one attached hydrogen (secondary N) is 2. The van der Waals surface area contributed by atoms with E-state index in [9.17, 15) is 0 Å². The highest BCUT2D eigenvalue weighted by molar-refractivity contribution is 7.80. The molecule has 2 aromatic carbocycles. The fraction of sp³-hybridized carbons (Fsp3) is 0.273. The Morgan fingerprint density at radius 2 is 1.85 bits per heavy atom. The summed E-state index contributed by atoms with van der Waals surface area (Å²) in [5.74, 6) is 1.13. The van der Waals surface area contributed by atoms with Crippen molar-refractivity contribution in [1.29, 1.82) is 0 Å². The summed E-state index contributed by atoms with van der Waals surface area (Å²) in [7, 11) is 1.65. The SMILES string of the molecule is COc1ccc(NC(=S)NC(c2ccccc2C)C(C)C)c2cccnc12. The van der Waals surface area contributed by atoms with Crippen molar-refractivity contribution in [1.82, 2.24) is 10.3 Å². The number of ether oxygens (including phenoxy) is 1. The van der Waals surface area contributed by atoms with Gasteiger partial charge in [-0.15, -0.1) is 0 Å². The topological polar surface area (TPSA) is 46.2 Å². The second kappa shape index (κ2) is 8.35. The number of hydrogen-bond acceptors (Lipinski definition) is 3. The quantitative estimate of drug-likeness (QED) is 0.594. The molecule has 27 heavy (non-hydrogen) atoms. The number of nitrogens with zero attached hydrogens (tertiary/aromatic N) is 1. The minimum Gasteiger partial charge on any atom is -0.494 e. The van der Waals surface area contributed by atoms with E-state index in [1.54, 1.807) is 13.3 Å². The van der Waals surface area contributed by atoms with Crippen LogP contribution in [0, 0.1) is 12.8 Å². The Kier molecular flexibility index (Phi) is 5.91. The van der Waals surface area contributed by atoms with Gasteiger partial charge in [-0.25, -0.2) is 0 Å². The molecule has 1 atom stereocenters. The summed E-state index contributed by atoms with van der Waals surface area (Å²) in [6.45, 7) is 6.52. The highest BCUT2D eigenvalue weighted by Crippen LogP contribution is 2.30. The van der Waals surface area contributed by atoms with Crippen LogP contribution in [0.1, 0.15) is 31.0 Å². The Bertz CT molecular complexity index is 955. The van der Waals surface area contributed by atoms with Crippen LogP contribution in [0.5, 0.6) is 5.75 Å². The number of methoxy groups -OCH3 is 1. The molecule has 0 aliphatic rings.